The third-order valence-electron chi connectivity index (χ3n) is 13.7. The Balaban J connectivity index is 1.56. The van der Waals surface area contributed by atoms with Gasteiger partial charge in [0, 0.05) is 5.41 Å². The highest BCUT2D eigenvalue weighted by Gasteiger charge is 2.71. The number of carbonyl (C=O) groups is 1. The van der Waals surface area contributed by atoms with E-state index in [1.807, 2.05) is 0 Å². The maximum Gasteiger partial charge on any atom is 0.223 e. The molecule has 4 heteroatoms. The van der Waals surface area contributed by atoms with Gasteiger partial charge in [-0.2, -0.15) is 0 Å². The Kier molecular flexibility index (Phi) is 5.52. The van der Waals surface area contributed by atoms with Crippen LogP contribution in [0, 0.1) is 56.7 Å². The molecule has 4 nitrogen and oxygen atoms in total. The van der Waals surface area contributed by atoms with E-state index in [0.717, 1.165) is 51.4 Å². The summed E-state index contributed by atoms with van der Waals surface area (Å²) < 4.78 is 0. The summed E-state index contributed by atoms with van der Waals surface area (Å²) in [5.41, 5.74) is 7.19. The van der Waals surface area contributed by atoms with Crippen LogP contribution >= 0.6 is 0 Å². The number of hydrogen-bond donors (Lipinski definition) is 3. The molecule has 5 aliphatic rings. The largest absolute Gasteiger partial charge is 0.396 e. The number of allylic oxidation sites excluding steroid dienone is 1. The minimum atomic E-state index is -0.410. The number of aliphatic hydroxyl groups excluding tert-OH is 2. The van der Waals surface area contributed by atoms with Gasteiger partial charge in [-0.25, -0.2) is 0 Å². The van der Waals surface area contributed by atoms with Crippen LogP contribution in [0.5, 0.6) is 0 Å². The molecule has 0 aromatic carbocycles. The van der Waals surface area contributed by atoms with Crippen molar-refractivity contribution in [1.82, 2.24) is 0 Å². The summed E-state index contributed by atoms with van der Waals surface area (Å²) in [6.07, 6.45) is 10.0. The van der Waals surface area contributed by atoms with Crippen molar-refractivity contribution in [2.24, 2.45) is 62.4 Å². The molecule has 5 aliphatic carbocycles. The normalized spacial score (nSPS) is 56.6. The van der Waals surface area contributed by atoms with Crippen LogP contribution in [-0.4, -0.2) is 28.8 Å². The molecule has 11 unspecified atom stereocenters. The molecule has 0 spiro atoms. The number of primary amides is 1. The minimum absolute atomic E-state index is 0.0637. The predicted molar refractivity (Wildman–Crippen MR) is 136 cm³/mol. The van der Waals surface area contributed by atoms with Crippen molar-refractivity contribution in [3.8, 4) is 0 Å². The highest BCUT2D eigenvalue weighted by Crippen LogP contribution is 2.77. The van der Waals surface area contributed by atoms with Crippen LogP contribution < -0.4 is 5.73 Å². The van der Waals surface area contributed by atoms with Gasteiger partial charge in [-0.15, -0.1) is 0 Å². The van der Waals surface area contributed by atoms with Crippen LogP contribution in [0.4, 0.5) is 0 Å². The van der Waals surface area contributed by atoms with Gasteiger partial charge in [-0.05, 0) is 117 Å². The summed E-state index contributed by atoms with van der Waals surface area (Å²) >= 11 is 0. The van der Waals surface area contributed by atoms with Gasteiger partial charge >= 0.3 is 0 Å². The monoisotopic (exact) mass is 471 g/mol. The number of carbonyl (C=O) groups excluding carboxylic acids is 1. The fraction of sp³-hybridized carbons (Fsp3) is 0.900. The number of nitrogens with two attached hydrogens (primary N) is 1. The Labute approximate surface area is 207 Å². The zero-order valence-electron chi connectivity index (χ0n) is 22.3. The Bertz CT molecular complexity index is 886. The molecule has 0 bridgehead atoms. The van der Waals surface area contributed by atoms with Crippen LogP contribution in [-0.2, 0) is 4.79 Å². The van der Waals surface area contributed by atoms with Crippen molar-refractivity contribution in [1.29, 1.82) is 0 Å². The molecule has 4 N–H and O–H groups in total. The first-order chi connectivity index (χ1) is 15.8. The van der Waals surface area contributed by atoms with Crippen molar-refractivity contribution in [3.63, 3.8) is 0 Å². The predicted octanol–water partition coefficient (Wildman–Crippen LogP) is 5.46. The molecule has 5 fully saturated rings. The van der Waals surface area contributed by atoms with Crippen molar-refractivity contribution in [3.05, 3.63) is 12.2 Å². The molecule has 0 radical (unpaired) electrons. The summed E-state index contributed by atoms with van der Waals surface area (Å²) in [5, 5.41) is 21.4. The second-order valence-electron chi connectivity index (χ2n) is 14.4. The first kappa shape index (κ1) is 24.8. The second kappa shape index (κ2) is 7.57. The first-order valence-electron chi connectivity index (χ1n) is 14.1. The molecule has 0 saturated heterocycles. The van der Waals surface area contributed by atoms with Crippen molar-refractivity contribution >= 4 is 5.91 Å². The minimum Gasteiger partial charge on any atom is -0.396 e. The first-order valence-corrected chi connectivity index (χ1v) is 14.1. The molecular formula is C30H49NO3. The van der Waals surface area contributed by atoms with E-state index < -0.39 is 11.5 Å². The van der Waals surface area contributed by atoms with Gasteiger partial charge in [-0.1, -0.05) is 39.8 Å². The van der Waals surface area contributed by atoms with Gasteiger partial charge in [0.15, 0.2) is 0 Å². The van der Waals surface area contributed by atoms with E-state index in [1.54, 1.807) is 0 Å². The van der Waals surface area contributed by atoms with Gasteiger partial charge in [0.2, 0.25) is 5.91 Å². The quantitative estimate of drug-likeness (QED) is 0.478. The van der Waals surface area contributed by atoms with Crippen molar-refractivity contribution < 1.29 is 15.0 Å². The molecule has 34 heavy (non-hydrogen) atoms. The molecule has 1 amide bonds. The zero-order valence-corrected chi connectivity index (χ0v) is 22.3. The van der Waals surface area contributed by atoms with Crippen LogP contribution in [0.1, 0.15) is 98.8 Å². The van der Waals surface area contributed by atoms with Gasteiger partial charge in [-0.3, -0.25) is 4.79 Å². The average molecular weight is 472 g/mol. The van der Waals surface area contributed by atoms with E-state index >= 15 is 0 Å². The lowest BCUT2D eigenvalue weighted by Crippen LogP contribution is -2.68. The Hall–Kier alpha value is -0.870. The highest BCUT2D eigenvalue weighted by atomic mass is 16.3. The van der Waals surface area contributed by atoms with E-state index in [4.69, 9.17) is 5.73 Å². The van der Waals surface area contributed by atoms with Gasteiger partial charge in [0.05, 0.1) is 18.1 Å². The molecule has 5 rings (SSSR count). The Morgan fingerprint density at radius 3 is 2.24 bits per heavy atom. The third-order valence-corrected chi connectivity index (χ3v) is 13.7. The van der Waals surface area contributed by atoms with Gasteiger partial charge in [0.1, 0.15) is 0 Å². The third kappa shape index (κ3) is 2.76. The molecule has 11 atom stereocenters. The maximum atomic E-state index is 13.0. The van der Waals surface area contributed by atoms with Crippen molar-refractivity contribution in [2.45, 2.75) is 105 Å². The van der Waals surface area contributed by atoms with Gasteiger partial charge < -0.3 is 15.9 Å². The molecular weight excluding hydrogens is 422 g/mol. The SMILES string of the molecule is C=C(C)C1CCC2(C(N)=O)CCC3(C)C(CCC4C5(C)CCC(O)C(C)(CO)C5CCC43C)C12. The number of aliphatic hydroxyl groups is 2. The standard InChI is InChI=1S/C30H49NO3/c1-18(2)19-9-14-30(25(31)34)16-15-28(5)20(24(19)30)7-8-22-26(3)12-11-23(33)27(4,17-32)21(26)10-13-29(22,28)6/h19-24,32-33H,1,7-17H2,2-6H3,(H2,31,34). The van der Waals surface area contributed by atoms with E-state index in [-0.39, 0.29) is 34.2 Å². The van der Waals surface area contributed by atoms with E-state index in [0.29, 0.717) is 29.6 Å². The van der Waals surface area contributed by atoms with Gasteiger partial charge in [0.25, 0.3) is 0 Å². The van der Waals surface area contributed by atoms with Crippen LogP contribution in [0.25, 0.3) is 0 Å². The lowest BCUT2D eigenvalue weighted by Gasteiger charge is -2.72. The molecule has 5 saturated carbocycles. The molecule has 0 aliphatic heterocycles. The average Bonchev–Trinajstić information content (AvgIpc) is 3.18. The molecule has 0 aromatic heterocycles. The number of hydrogen-bond acceptors (Lipinski definition) is 3. The molecule has 0 heterocycles. The summed E-state index contributed by atoms with van der Waals surface area (Å²) in [4.78, 5) is 13.0. The number of rotatable bonds is 3. The lowest BCUT2D eigenvalue weighted by atomic mass is 9.32. The summed E-state index contributed by atoms with van der Waals surface area (Å²) in [7, 11) is 0. The Morgan fingerprint density at radius 1 is 0.912 bits per heavy atom. The van der Waals surface area contributed by atoms with Crippen LogP contribution in [0.2, 0.25) is 0 Å². The Morgan fingerprint density at radius 2 is 1.62 bits per heavy atom. The summed E-state index contributed by atoms with van der Waals surface area (Å²) in [6, 6.07) is 0. The van der Waals surface area contributed by atoms with E-state index in [2.05, 4.69) is 41.2 Å². The fourth-order valence-corrected chi connectivity index (χ4v) is 11.6. The van der Waals surface area contributed by atoms with E-state index in [1.165, 1.54) is 18.4 Å². The number of fused-ring (bicyclic) bond motifs is 7. The smallest absolute Gasteiger partial charge is 0.223 e. The van der Waals surface area contributed by atoms with E-state index in [9.17, 15) is 15.0 Å². The highest BCUT2D eigenvalue weighted by molar-refractivity contribution is 5.82. The maximum absolute atomic E-state index is 13.0. The van der Waals surface area contributed by atoms with Crippen LogP contribution in [0.3, 0.4) is 0 Å². The summed E-state index contributed by atoms with van der Waals surface area (Å²) in [6.45, 7) is 16.4. The topological polar surface area (TPSA) is 83.6 Å². The number of amides is 1. The lowest BCUT2D eigenvalue weighted by molar-refractivity contribution is -0.252. The molecule has 0 aromatic rings. The van der Waals surface area contributed by atoms with Crippen molar-refractivity contribution in [2.75, 3.05) is 6.61 Å². The van der Waals surface area contributed by atoms with Crippen LogP contribution in [0.15, 0.2) is 12.2 Å². The zero-order chi connectivity index (χ0) is 24.9. The summed E-state index contributed by atoms with van der Waals surface area (Å²) in [5.74, 6) is 2.13. The molecule has 192 valence electrons. The fourth-order valence-electron chi connectivity index (χ4n) is 11.6. The second-order valence-corrected chi connectivity index (χ2v) is 14.4.